The van der Waals surface area contributed by atoms with Gasteiger partial charge in [0.25, 0.3) is 0 Å². The van der Waals surface area contributed by atoms with Crippen molar-refractivity contribution < 1.29 is 4.74 Å². The quantitative estimate of drug-likeness (QED) is 0.651. The van der Waals surface area contributed by atoms with E-state index in [9.17, 15) is 0 Å². The van der Waals surface area contributed by atoms with Crippen molar-refractivity contribution in [1.29, 1.82) is 0 Å². The zero-order valence-electron chi connectivity index (χ0n) is 8.79. The molecule has 16 heavy (non-hydrogen) atoms. The molecule has 0 aliphatic rings. The highest BCUT2D eigenvalue weighted by atomic mass is 16.5. The second-order valence-corrected chi connectivity index (χ2v) is 3.38. The number of nitrogens with zero attached hydrogens (tertiary/aromatic N) is 4. The topological polar surface area (TPSA) is 52.3 Å². The summed E-state index contributed by atoms with van der Waals surface area (Å²) >= 11 is 0. The molecule has 5 heteroatoms. The Morgan fingerprint density at radius 3 is 2.88 bits per heavy atom. The average Bonchev–Trinajstić information content (AvgIpc) is 2.78. The zero-order valence-corrected chi connectivity index (χ0v) is 8.79. The van der Waals surface area contributed by atoms with Crippen LogP contribution in [0.15, 0.2) is 30.6 Å². The van der Waals surface area contributed by atoms with Crippen LogP contribution in [0.1, 0.15) is 6.92 Å². The summed E-state index contributed by atoms with van der Waals surface area (Å²) in [4.78, 5) is 0. The molecule has 2 aromatic heterocycles. The fraction of sp³-hybridized carbons (Fsp3) is 0.182. The van der Waals surface area contributed by atoms with Crippen molar-refractivity contribution >= 4 is 16.4 Å². The van der Waals surface area contributed by atoms with E-state index in [0.717, 1.165) is 16.4 Å². The largest absolute Gasteiger partial charge is 0.476 e. The Balaban J connectivity index is 2.45. The van der Waals surface area contributed by atoms with Gasteiger partial charge in [-0.2, -0.15) is 4.52 Å². The fourth-order valence-electron chi connectivity index (χ4n) is 1.74. The minimum absolute atomic E-state index is 0.588. The predicted octanol–water partition coefficient (Wildman–Crippen LogP) is 1.68. The third kappa shape index (κ3) is 1.21. The van der Waals surface area contributed by atoms with E-state index >= 15 is 0 Å². The van der Waals surface area contributed by atoms with Gasteiger partial charge in [-0.1, -0.05) is 18.2 Å². The van der Waals surface area contributed by atoms with Gasteiger partial charge >= 0.3 is 0 Å². The smallest absolute Gasteiger partial charge is 0.239 e. The highest BCUT2D eigenvalue weighted by molar-refractivity contribution is 5.96. The number of hydrogen-bond acceptors (Lipinski definition) is 4. The van der Waals surface area contributed by atoms with E-state index in [4.69, 9.17) is 4.74 Å². The summed E-state index contributed by atoms with van der Waals surface area (Å²) in [5, 5.41) is 14.2. The number of benzene rings is 1. The van der Waals surface area contributed by atoms with Crippen LogP contribution in [-0.4, -0.2) is 26.4 Å². The van der Waals surface area contributed by atoms with Crippen molar-refractivity contribution in [3.05, 3.63) is 30.6 Å². The summed E-state index contributed by atoms with van der Waals surface area (Å²) < 4.78 is 7.14. The maximum Gasteiger partial charge on any atom is 0.239 e. The highest BCUT2D eigenvalue weighted by Crippen LogP contribution is 2.25. The summed E-state index contributed by atoms with van der Waals surface area (Å²) in [7, 11) is 0. The second kappa shape index (κ2) is 3.44. The molecule has 0 N–H and O–H groups in total. The first-order chi connectivity index (χ1) is 7.90. The minimum atomic E-state index is 0.588. The van der Waals surface area contributed by atoms with Gasteiger partial charge in [-0.15, -0.1) is 15.3 Å². The average molecular weight is 214 g/mol. The van der Waals surface area contributed by atoms with Gasteiger partial charge in [0, 0.05) is 10.8 Å². The van der Waals surface area contributed by atoms with Gasteiger partial charge in [-0.3, -0.25) is 0 Å². The molecule has 80 valence electrons. The third-order valence-corrected chi connectivity index (χ3v) is 2.41. The van der Waals surface area contributed by atoms with Gasteiger partial charge in [0.2, 0.25) is 5.88 Å². The number of ether oxygens (including phenoxy) is 1. The van der Waals surface area contributed by atoms with Crippen LogP contribution in [0.5, 0.6) is 5.88 Å². The van der Waals surface area contributed by atoms with E-state index in [1.54, 1.807) is 10.8 Å². The van der Waals surface area contributed by atoms with E-state index in [1.165, 1.54) is 0 Å². The number of hydrogen-bond donors (Lipinski definition) is 0. The van der Waals surface area contributed by atoms with Gasteiger partial charge in [-0.25, -0.2) is 0 Å². The Morgan fingerprint density at radius 2 is 2.06 bits per heavy atom. The van der Waals surface area contributed by atoms with E-state index < -0.39 is 0 Å². The molecular weight excluding hydrogens is 204 g/mol. The van der Waals surface area contributed by atoms with Crippen molar-refractivity contribution in [2.45, 2.75) is 6.92 Å². The molecule has 3 rings (SSSR count). The molecule has 0 atom stereocenters. The molecule has 1 aromatic carbocycles. The Kier molecular flexibility index (Phi) is 1.96. The molecule has 0 saturated carbocycles. The van der Waals surface area contributed by atoms with E-state index in [-0.39, 0.29) is 0 Å². The van der Waals surface area contributed by atoms with Gasteiger partial charge < -0.3 is 4.74 Å². The lowest BCUT2D eigenvalue weighted by atomic mass is 10.2. The zero-order chi connectivity index (χ0) is 11.0. The maximum absolute atomic E-state index is 5.51. The van der Waals surface area contributed by atoms with Crippen LogP contribution >= 0.6 is 0 Å². The van der Waals surface area contributed by atoms with Gasteiger partial charge in [-0.05, 0) is 13.0 Å². The summed E-state index contributed by atoms with van der Waals surface area (Å²) in [6, 6.07) is 7.89. The van der Waals surface area contributed by atoms with Crippen LogP contribution < -0.4 is 4.74 Å². The Labute approximate surface area is 91.7 Å². The number of fused-ring (bicyclic) bond motifs is 3. The first kappa shape index (κ1) is 9.08. The molecule has 0 radical (unpaired) electrons. The molecule has 0 saturated heterocycles. The van der Waals surface area contributed by atoms with Crippen molar-refractivity contribution in [1.82, 2.24) is 19.8 Å². The highest BCUT2D eigenvalue weighted by Gasteiger charge is 2.09. The summed E-state index contributed by atoms with van der Waals surface area (Å²) in [5.41, 5.74) is 0.749. The lowest BCUT2D eigenvalue weighted by Crippen LogP contribution is -2.00. The van der Waals surface area contributed by atoms with E-state index in [1.807, 2.05) is 31.2 Å². The first-order valence-corrected chi connectivity index (χ1v) is 5.11. The summed E-state index contributed by atoms with van der Waals surface area (Å²) in [6.07, 6.45) is 1.57. The van der Waals surface area contributed by atoms with Gasteiger partial charge in [0.05, 0.1) is 6.61 Å². The third-order valence-electron chi connectivity index (χ3n) is 2.41. The molecule has 0 spiro atoms. The lowest BCUT2D eigenvalue weighted by Gasteiger charge is -2.06. The standard InChI is InChI=1S/C11H10N4O/c1-2-16-11-9-6-4-3-5-8(9)10-13-12-7-15(10)14-11/h3-7H,2H2,1H3. The SMILES string of the molecule is CCOc1nn2cnnc2c2ccccc12. The number of aromatic nitrogens is 4. The van der Waals surface area contributed by atoms with Crippen LogP contribution in [0, 0.1) is 0 Å². The van der Waals surface area contributed by atoms with Crippen LogP contribution in [0.2, 0.25) is 0 Å². The molecule has 2 heterocycles. The molecule has 3 aromatic rings. The van der Waals surface area contributed by atoms with Crippen LogP contribution in [0.4, 0.5) is 0 Å². The van der Waals surface area contributed by atoms with Crippen molar-refractivity contribution in [3.8, 4) is 5.88 Å². The molecule has 0 fully saturated rings. The normalized spacial score (nSPS) is 11.1. The first-order valence-electron chi connectivity index (χ1n) is 5.11. The van der Waals surface area contributed by atoms with Gasteiger partial charge in [0.1, 0.15) is 6.33 Å². The van der Waals surface area contributed by atoms with E-state index in [0.29, 0.717) is 12.5 Å². The van der Waals surface area contributed by atoms with Gasteiger partial charge in [0.15, 0.2) is 5.65 Å². The Bertz CT molecular complexity index is 647. The Morgan fingerprint density at radius 1 is 1.25 bits per heavy atom. The predicted molar refractivity (Wildman–Crippen MR) is 59.5 cm³/mol. The molecule has 0 unspecified atom stereocenters. The fourth-order valence-corrected chi connectivity index (χ4v) is 1.74. The second-order valence-electron chi connectivity index (χ2n) is 3.38. The van der Waals surface area contributed by atoms with Crippen LogP contribution in [0.25, 0.3) is 16.4 Å². The molecule has 0 amide bonds. The Hall–Kier alpha value is -2.17. The lowest BCUT2D eigenvalue weighted by molar-refractivity contribution is 0.326. The summed E-state index contributed by atoms with van der Waals surface area (Å²) in [5.74, 6) is 0.616. The van der Waals surface area contributed by atoms with E-state index in [2.05, 4.69) is 15.3 Å². The molecular formula is C11H10N4O. The maximum atomic E-state index is 5.51. The molecule has 0 aliphatic carbocycles. The number of rotatable bonds is 2. The van der Waals surface area contributed by atoms with Crippen molar-refractivity contribution in [2.75, 3.05) is 6.61 Å². The minimum Gasteiger partial charge on any atom is -0.476 e. The van der Waals surface area contributed by atoms with Crippen LogP contribution in [0.3, 0.4) is 0 Å². The molecule has 0 aliphatic heterocycles. The monoisotopic (exact) mass is 214 g/mol. The molecule has 5 nitrogen and oxygen atoms in total. The van der Waals surface area contributed by atoms with Crippen molar-refractivity contribution in [3.63, 3.8) is 0 Å². The van der Waals surface area contributed by atoms with Crippen LogP contribution in [-0.2, 0) is 0 Å². The molecule has 0 bridgehead atoms. The summed E-state index contributed by atoms with van der Waals surface area (Å²) in [6.45, 7) is 2.53. The van der Waals surface area contributed by atoms with Crippen molar-refractivity contribution in [2.24, 2.45) is 0 Å².